The Hall–Kier alpha value is -1.76. The van der Waals surface area contributed by atoms with E-state index in [0.29, 0.717) is 6.92 Å². The van der Waals surface area contributed by atoms with Gasteiger partial charge in [0.05, 0.1) is 17.9 Å². The van der Waals surface area contributed by atoms with Gasteiger partial charge in [0.25, 0.3) is 0 Å². The second-order valence-corrected chi connectivity index (χ2v) is 4.49. The SMILES string of the molecule is CC(OC(=O)CCC(=O)Oc1ccccc1Cl)C(F)(F)F. The van der Waals surface area contributed by atoms with E-state index in [9.17, 15) is 22.8 Å². The standard InChI is InChI=1S/C13H12ClF3O4/c1-8(13(15,16)17)20-11(18)6-7-12(19)21-10-5-3-2-4-9(10)14/h2-5,8H,6-7H2,1H3. The highest BCUT2D eigenvalue weighted by Gasteiger charge is 2.39. The maximum absolute atomic E-state index is 12.2. The topological polar surface area (TPSA) is 52.6 Å². The van der Waals surface area contributed by atoms with Gasteiger partial charge in [-0.1, -0.05) is 23.7 Å². The average Bonchev–Trinajstić information content (AvgIpc) is 2.38. The van der Waals surface area contributed by atoms with Gasteiger partial charge in [0.2, 0.25) is 0 Å². The van der Waals surface area contributed by atoms with Crippen molar-refractivity contribution in [2.45, 2.75) is 32.0 Å². The zero-order chi connectivity index (χ0) is 16.0. The molecule has 0 amide bonds. The number of hydrogen-bond acceptors (Lipinski definition) is 4. The Labute approximate surface area is 123 Å². The van der Waals surface area contributed by atoms with Gasteiger partial charge in [0, 0.05) is 0 Å². The summed E-state index contributed by atoms with van der Waals surface area (Å²) in [7, 11) is 0. The zero-order valence-corrected chi connectivity index (χ0v) is 11.7. The van der Waals surface area contributed by atoms with Crippen molar-refractivity contribution in [3.63, 3.8) is 0 Å². The molecular weight excluding hydrogens is 313 g/mol. The highest BCUT2D eigenvalue weighted by atomic mass is 35.5. The van der Waals surface area contributed by atoms with Gasteiger partial charge in [0.15, 0.2) is 6.10 Å². The molecule has 4 nitrogen and oxygen atoms in total. The number of rotatable bonds is 5. The number of carbonyl (C=O) groups excluding carboxylic acids is 2. The Balaban J connectivity index is 2.40. The van der Waals surface area contributed by atoms with Crippen LogP contribution in [0.25, 0.3) is 0 Å². The molecule has 1 unspecified atom stereocenters. The molecule has 1 aromatic rings. The molecule has 0 aliphatic carbocycles. The van der Waals surface area contributed by atoms with Gasteiger partial charge < -0.3 is 9.47 Å². The first-order chi connectivity index (χ1) is 9.70. The summed E-state index contributed by atoms with van der Waals surface area (Å²) in [5.74, 6) is -1.81. The highest BCUT2D eigenvalue weighted by molar-refractivity contribution is 6.32. The molecule has 0 aliphatic heterocycles. The minimum Gasteiger partial charge on any atom is -0.453 e. The normalized spacial score (nSPS) is 12.6. The van der Waals surface area contributed by atoms with Gasteiger partial charge in [-0.2, -0.15) is 13.2 Å². The predicted octanol–water partition coefficient (Wildman–Crippen LogP) is 3.52. The summed E-state index contributed by atoms with van der Waals surface area (Å²) in [6, 6.07) is 6.18. The molecule has 1 atom stereocenters. The second-order valence-electron chi connectivity index (χ2n) is 4.08. The molecule has 0 bridgehead atoms. The molecular formula is C13H12ClF3O4. The molecule has 1 rings (SSSR count). The van der Waals surface area contributed by atoms with E-state index in [1.807, 2.05) is 0 Å². The number of halogens is 4. The van der Waals surface area contributed by atoms with Crippen molar-refractivity contribution < 1.29 is 32.2 Å². The fourth-order valence-electron chi connectivity index (χ4n) is 1.23. The Morgan fingerprint density at radius 2 is 1.76 bits per heavy atom. The molecule has 0 N–H and O–H groups in total. The molecule has 0 aromatic heterocycles. The van der Waals surface area contributed by atoms with Crippen LogP contribution in [0.1, 0.15) is 19.8 Å². The summed E-state index contributed by atoms with van der Waals surface area (Å²) in [5, 5.41) is 0.208. The van der Waals surface area contributed by atoms with Gasteiger partial charge in [-0.15, -0.1) is 0 Å². The second kappa shape index (κ2) is 7.31. The van der Waals surface area contributed by atoms with E-state index in [-0.39, 0.29) is 10.8 Å². The number of para-hydroxylation sites is 1. The molecule has 1 aromatic carbocycles. The van der Waals surface area contributed by atoms with Gasteiger partial charge in [-0.25, -0.2) is 0 Å². The summed E-state index contributed by atoms with van der Waals surface area (Å²) in [4.78, 5) is 22.6. The smallest absolute Gasteiger partial charge is 0.425 e. The van der Waals surface area contributed by atoms with Crippen LogP contribution in [0, 0.1) is 0 Å². The van der Waals surface area contributed by atoms with Crippen LogP contribution in [-0.2, 0) is 14.3 Å². The number of benzene rings is 1. The molecule has 0 heterocycles. The monoisotopic (exact) mass is 324 g/mol. The third-order valence-electron chi connectivity index (χ3n) is 2.36. The molecule has 0 saturated carbocycles. The quantitative estimate of drug-likeness (QED) is 0.614. The Kier molecular flexibility index (Phi) is 6.02. The molecule has 8 heteroatoms. The van der Waals surface area contributed by atoms with Crippen molar-refractivity contribution in [1.29, 1.82) is 0 Å². The van der Waals surface area contributed by atoms with E-state index in [2.05, 4.69) is 4.74 Å². The molecule has 0 radical (unpaired) electrons. The Morgan fingerprint density at radius 1 is 1.19 bits per heavy atom. The van der Waals surface area contributed by atoms with Crippen LogP contribution in [0.4, 0.5) is 13.2 Å². The Morgan fingerprint density at radius 3 is 2.33 bits per heavy atom. The molecule has 116 valence electrons. The first-order valence-corrected chi connectivity index (χ1v) is 6.29. The van der Waals surface area contributed by atoms with Crippen molar-refractivity contribution in [1.82, 2.24) is 0 Å². The van der Waals surface area contributed by atoms with Crippen LogP contribution < -0.4 is 4.74 Å². The van der Waals surface area contributed by atoms with Crippen LogP contribution in [0.2, 0.25) is 5.02 Å². The van der Waals surface area contributed by atoms with Crippen LogP contribution in [0.15, 0.2) is 24.3 Å². The average molecular weight is 325 g/mol. The molecule has 0 aliphatic rings. The lowest BCUT2D eigenvalue weighted by Gasteiger charge is -2.16. The molecule has 0 spiro atoms. The molecule has 21 heavy (non-hydrogen) atoms. The zero-order valence-electron chi connectivity index (χ0n) is 10.9. The van der Waals surface area contributed by atoms with Gasteiger partial charge in [-0.3, -0.25) is 9.59 Å². The number of ether oxygens (including phenoxy) is 2. The van der Waals surface area contributed by atoms with E-state index in [1.54, 1.807) is 12.1 Å². The minimum absolute atomic E-state index is 0.112. The van der Waals surface area contributed by atoms with Crippen LogP contribution in [-0.4, -0.2) is 24.2 Å². The predicted molar refractivity (Wildman–Crippen MR) is 67.9 cm³/mol. The lowest BCUT2D eigenvalue weighted by Crippen LogP contribution is -2.31. The molecule has 0 saturated heterocycles. The summed E-state index contributed by atoms with van der Waals surface area (Å²) < 4.78 is 45.5. The summed E-state index contributed by atoms with van der Waals surface area (Å²) in [5.41, 5.74) is 0. The van der Waals surface area contributed by atoms with Crippen molar-refractivity contribution >= 4 is 23.5 Å². The van der Waals surface area contributed by atoms with E-state index in [0.717, 1.165) is 0 Å². The number of carbonyl (C=O) groups is 2. The van der Waals surface area contributed by atoms with E-state index in [4.69, 9.17) is 16.3 Å². The summed E-state index contributed by atoms with van der Waals surface area (Å²) in [6.07, 6.45) is -7.77. The third kappa shape index (κ3) is 6.03. The summed E-state index contributed by atoms with van der Waals surface area (Å²) >= 11 is 5.76. The number of hydrogen-bond donors (Lipinski definition) is 0. The first kappa shape index (κ1) is 17.3. The largest absolute Gasteiger partial charge is 0.453 e. The van der Waals surface area contributed by atoms with Crippen LogP contribution >= 0.6 is 11.6 Å². The van der Waals surface area contributed by atoms with Crippen LogP contribution in [0.3, 0.4) is 0 Å². The number of esters is 2. The highest BCUT2D eigenvalue weighted by Crippen LogP contribution is 2.24. The van der Waals surface area contributed by atoms with Crippen molar-refractivity contribution in [2.75, 3.05) is 0 Å². The van der Waals surface area contributed by atoms with Crippen LogP contribution in [0.5, 0.6) is 5.75 Å². The maximum Gasteiger partial charge on any atom is 0.425 e. The summed E-state index contributed by atoms with van der Waals surface area (Å²) in [6.45, 7) is 0.708. The lowest BCUT2D eigenvalue weighted by atomic mass is 10.3. The van der Waals surface area contributed by atoms with Crippen molar-refractivity contribution in [3.8, 4) is 5.75 Å². The Bertz CT molecular complexity index is 516. The van der Waals surface area contributed by atoms with Gasteiger partial charge in [0.1, 0.15) is 5.75 Å². The van der Waals surface area contributed by atoms with Crippen molar-refractivity contribution in [3.05, 3.63) is 29.3 Å². The fourth-order valence-corrected chi connectivity index (χ4v) is 1.40. The molecule has 0 fully saturated rings. The van der Waals surface area contributed by atoms with E-state index >= 15 is 0 Å². The van der Waals surface area contributed by atoms with Gasteiger partial charge in [-0.05, 0) is 19.1 Å². The number of alkyl halides is 3. The van der Waals surface area contributed by atoms with Crippen molar-refractivity contribution in [2.24, 2.45) is 0 Å². The first-order valence-electron chi connectivity index (χ1n) is 5.91. The van der Waals surface area contributed by atoms with Gasteiger partial charge >= 0.3 is 18.1 Å². The van der Waals surface area contributed by atoms with E-state index < -0.39 is 37.1 Å². The minimum atomic E-state index is -4.63. The fraction of sp³-hybridized carbons (Fsp3) is 0.385. The third-order valence-corrected chi connectivity index (χ3v) is 2.68. The lowest BCUT2D eigenvalue weighted by molar-refractivity contribution is -0.216. The maximum atomic E-state index is 12.2. The van der Waals surface area contributed by atoms with E-state index in [1.165, 1.54) is 12.1 Å².